The van der Waals surface area contributed by atoms with E-state index in [0.29, 0.717) is 5.69 Å². The van der Waals surface area contributed by atoms with E-state index in [1.54, 1.807) is 7.11 Å². The van der Waals surface area contributed by atoms with E-state index in [0.717, 1.165) is 16.3 Å². The van der Waals surface area contributed by atoms with Gasteiger partial charge in [-0.2, -0.15) is 0 Å². The summed E-state index contributed by atoms with van der Waals surface area (Å²) in [5, 5.41) is 2.84. The molecule has 0 spiro atoms. The van der Waals surface area contributed by atoms with Crippen LogP contribution in [0.4, 0.5) is 4.39 Å². The molecule has 0 saturated carbocycles. The number of hydrogen-bond donors (Lipinski definition) is 0. The molecule has 7 heteroatoms. The molecular formula is C19H15ClFNO3S. The Morgan fingerprint density at radius 2 is 2.00 bits per heavy atom. The predicted octanol–water partition coefficient (Wildman–Crippen LogP) is 4.90. The predicted molar refractivity (Wildman–Crippen MR) is 99.0 cm³/mol. The third-order valence-corrected chi connectivity index (χ3v) is 4.95. The maximum Gasteiger partial charge on any atom is 0.310 e. The molecule has 0 bridgehead atoms. The van der Waals surface area contributed by atoms with Gasteiger partial charge in [0.05, 0.1) is 19.2 Å². The van der Waals surface area contributed by atoms with Crippen LogP contribution in [0, 0.1) is 5.82 Å². The van der Waals surface area contributed by atoms with Crippen molar-refractivity contribution in [1.82, 2.24) is 4.98 Å². The van der Waals surface area contributed by atoms with Crippen LogP contribution in [0.25, 0.3) is 10.6 Å². The van der Waals surface area contributed by atoms with Crippen LogP contribution in [0.2, 0.25) is 5.02 Å². The molecule has 0 atom stereocenters. The number of hydrogen-bond acceptors (Lipinski definition) is 5. The number of benzene rings is 2. The van der Waals surface area contributed by atoms with Gasteiger partial charge in [0.2, 0.25) is 0 Å². The molecular weight excluding hydrogens is 377 g/mol. The van der Waals surface area contributed by atoms with E-state index in [1.807, 2.05) is 29.6 Å². The minimum absolute atomic E-state index is 0.0254. The lowest BCUT2D eigenvalue weighted by Crippen LogP contribution is -2.09. The lowest BCUT2D eigenvalue weighted by atomic mass is 10.1. The topological polar surface area (TPSA) is 48.4 Å². The van der Waals surface area contributed by atoms with Gasteiger partial charge in [-0.05, 0) is 36.4 Å². The Hall–Kier alpha value is -2.44. The van der Waals surface area contributed by atoms with Gasteiger partial charge in [0.25, 0.3) is 0 Å². The molecule has 2 aromatic carbocycles. The van der Waals surface area contributed by atoms with Gasteiger partial charge in [-0.3, -0.25) is 4.79 Å². The van der Waals surface area contributed by atoms with Gasteiger partial charge < -0.3 is 9.47 Å². The largest absolute Gasteiger partial charge is 0.497 e. The summed E-state index contributed by atoms with van der Waals surface area (Å²) in [7, 11) is 1.61. The number of esters is 1. The van der Waals surface area contributed by atoms with E-state index in [4.69, 9.17) is 21.1 Å². The van der Waals surface area contributed by atoms with Crippen molar-refractivity contribution in [2.75, 3.05) is 7.11 Å². The van der Waals surface area contributed by atoms with E-state index in [-0.39, 0.29) is 23.6 Å². The van der Waals surface area contributed by atoms with Crippen molar-refractivity contribution in [1.29, 1.82) is 0 Å². The summed E-state index contributed by atoms with van der Waals surface area (Å²) in [5.74, 6) is -0.313. The zero-order valence-corrected chi connectivity index (χ0v) is 15.4. The van der Waals surface area contributed by atoms with Crippen LogP contribution in [0.1, 0.15) is 11.3 Å². The molecule has 0 radical (unpaired) electrons. The maximum atomic E-state index is 13.7. The van der Waals surface area contributed by atoms with E-state index >= 15 is 0 Å². The quantitative estimate of drug-likeness (QED) is 0.561. The van der Waals surface area contributed by atoms with Gasteiger partial charge >= 0.3 is 5.97 Å². The van der Waals surface area contributed by atoms with Crippen molar-refractivity contribution in [3.8, 4) is 16.3 Å². The number of carbonyl (C=O) groups is 1. The molecule has 0 N–H and O–H groups in total. The lowest BCUT2D eigenvalue weighted by Gasteiger charge is -2.06. The van der Waals surface area contributed by atoms with Crippen LogP contribution in [-0.2, 0) is 22.6 Å². The van der Waals surface area contributed by atoms with Gasteiger partial charge in [0, 0.05) is 21.5 Å². The van der Waals surface area contributed by atoms with E-state index in [9.17, 15) is 9.18 Å². The molecule has 0 aliphatic rings. The molecule has 0 fully saturated rings. The molecule has 3 aromatic rings. The maximum absolute atomic E-state index is 13.7. The molecule has 26 heavy (non-hydrogen) atoms. The molecule has 0 aliphatic carbocycles. The highest BCUT2D eigenvalue weighted by Crippen LogP contribution is 2.26. The van der Waals surface area contributed by atoms with Crippen molar-refractivity contribution >= 4 is 28.9 Å². The van der Waals surface area contributed by atoms with Crippen molar-refractivity contribution in [3.05, 3.63) is 69.9 Å². The number of carbonyl (C=O) groups excluding carboxylic acids is 1. The third kappa shape index (κ3) is 4.39. The summed E-state index contributed by atoms with van der Waals surface area (Å²) in [6.45, 7) is 0.0254. The van der Waals surface area contributed by atoms with Crippen LogP contribution in [-0.4, -0.2) is 18.1 Å². The highest BCUT2D eigenvalue weighted by Gasteiger charge is 2.14. The van der Waals surface area contributed by atoms with Crippen molar-refractivity contribution in [2.45, 2.75) is 13.0 Å². The monoisotopic (exact) mass is 391 g/mol. The second-order valence-electron chi connectivity index (χ2n) is 5.41. The highest BCUT2D eigenvalue weighted by molar-refractivity contribution is 7.13. The van der Waals surface area contributed by atoms with Gasteiger partial charge in [0.1, 0.15) is 23.2 Å². The fraction of sp³-hybridized carbons (Fsp3) is 0.158. The normalized spacial score (nSPS) is 10.6. The molecule has 0 saturated heterocycles. The molecule has 0 unspecified atom stereocenters. The number of halogens is 2. The van der Waals surface area contributed by atoms with Gasteiger partial charge in [0.15, 0.2) is 0 Å². The minimum atomic E-state index is -0.559. The second-order valence-corrected chi connectivity index (χ2v) is 6.68. The summed E-state index contributed by atoms with van der Waals surface area (Å²) >= 11 is 7.37. The first-order chi connectivity index (χ1) is 12.6. The zero-order chi connectivity index (χ0) is 18.5. The number of aromatic nitrogens is 1. The Morgan fingerprint density at radius 3 is 2.69 bits per heavy atom. The average molecular weight is 392 g/mol. The fourth-order valence-electron chi connectivity index (χ4n) is 2.29. The SMILES string of the molecule is COc1ccc(-c2nc(COC(=O)Cc3c(F)cccc3Cl)cs2)cc1. The molecule has 0 aliphatic heterocycles. The molecule has 1 heterocycles. The zero-order valence-electron chi connectivity index (χ0n) is 13.9. The number of rotatable bonds is 6. The lowest BCUT2D eigenvalue weighted by molar-refractivity contribution is -0.144. The molecule has 134 valence electrons. The van der Waals surface area contributed by atoms with Crippen LogP contribution >= 0.6 is 22.9 Å². The Kier molecular flexibility index (Phi) is 5.85. The second kappa shape index (κ2) is 8.29. The van der Waals surface area contributed by atoms with E-state index in [1.165, 1.54) is 29.5 Å². The van der Waals surface area contributed by atoms with Crippen molar-refractivity contribution in [3.63, 3.8) is 0 Å². The highest BCUT2D eigenvalue weighted by atomic mass is 35.5. The first-order valence-electron chi connectivity index (χ1n) is 7.74. The summed E-state index contributed by atoms with van der Waals surface area (Å²) in [5.41, 5.74) is 1.72. The van der Waals surface area contributed by atoms with Crippen LogP contribution < -0.4 is 4.74 Å². The Labute approximate surface area is 159 Å². The summed E-state index contributed by atoms with van der Waals surface area (Å²) in [6.07, 6.45) is -0.221. The Balaban J connectivity index is 1.60. The molecule has 3 rings (SSSR count). The number of thiazole rings is 1. The first kappa shape index (κ1) is 18.4. The number of methoxy groups -OCH3 is 1. The summed E-state index contributed by atoms with van der Waals surface area (Å²) < 4.78 is 24.0. The van der Waals surface area contributed by atoms with E-state index < -0.39 is 11.8 Å². The first-order valence-corrected chi connectivity index (χ1v) is 9.00. The standard InChI is InChI=1S/C19H15ClFNO3S/c1-24-14-7-5-12(6-8-14)19-22-13(11-26-19)10-25-18(23)9-15-16(20)3-2-4-17(15)21/h2-8,11H,9-10H2,1H3. The van der Waals surface area contributed by atoms with Gasteiger partial charge in [-0.15, -0.1) is 11.3 Å². The summed E-state index contributed by atoms with van der Waals surface area (Å²) in [4.78, 5) is 16.4. The molecule has 0 amide bonds. The average Bonchev–Trinajstić information content (AvgIpc) is 3.12. The molecule has 1 aromatic heterocycles. The van der Waals surface area contributed by atoms with Crippen molar-refractivity contribution < 1.29 is 18.7 Å². The fourth-order valence-corrected chi connectivity index (χ4v) is 3.33. The van der Waals surface area contributed by atoms with Gasteiger partial charge in [-0.1, -0.05) is 17.7 Å². The van der Waals surface area contributed by atoms with Crippen LogP contribution in [0.15, 0.2) is 47.8 Å². The minimum Gasteiger partial charge on any atom is -0.497 e. The number of ether oxygens (including phenoxy) is 2. The van der Waals surface area contributed by atoms with Crippen LogP contribution in [0.3, 0.4) is 0 Å². The van der Waals surface area contributed by atoms with Gasteiger partial charge in [-0.25, -0.2) is 9.37 Å². The number of nitrogens with zero attached hydrogens (tertiary/aromatic N) is 1. The third-order valence-electron chi connectivity index (χ3n) is 3.65. The van der Waals surface area contributed by atoms with Crippen LogP contribution in [0.5, 0.6) is 5.75 Å². The smallest absolute Gasteiger partial charge is 0.310 e. The van der Waals surface area contributed by atoms with E-state index in [2.05, 4.69) is 4.98 Å². The van der Waals surface area contributed by atoms with Crippen molar-refractivity contribution in [2.24, 2.45) is 0 Å². The summed E-state index contributed by atoms with van der Waals surface area (Å²) in [6, 6.07) is 11.8. The molecule has 4 nitrogen and oxygen atoms in total. The Bertz CT molecular complexity index is 891. The Morgan fingerprint density at radius 1 is 1.23 bits per heavy atom.